The maximum atomic E-state index is 11.9. The molecule has 0 aliphatic rings. The normalized spacial score (nSPS) is 10.0. The summed E-state index contributed by atoms with van der Waals surface area (Å²) in [4.78, 5) is 22.1. The van der Waals surface area contributed by atoms with Gasteiger partial charge in [0.25, 0.3) is 5.69 Å². The second-order valence-corrected chi connectivity index (χ2v) is 4.87. The Hall–Kier alpha value is -2.73. The van der Waals surface area contributed by atoms with E-state index in [9.17, 15) is 20.2 Å². The molecule has 0 aliphatic carbocycles. The summed E-state index contributed by atoms with van der Waals surface area (Å²) in [6.45, 7) is 1.85. The molecule has 0 unspecified atom stereocenters. The molecule has 9 heteroatoms. The van der Waals surface area contributed by atoms with Crippen LogP contribution in [0.25, 0.3) is 5.69 Å². The van der Waals surface area contributed by atoms with E-state index in [2.05, 4.69) is 21.0 Å². The molecule has 1 aromatic carbocycles. The van der Waals surface area contributed by atoms with Crippen molar-refractivity contribution in [2.75, 3.05) is 6.61 Å². The molecule has 8 nitrogen and oxygen atoms in total. The molecule has 0 bridgehead atoms. The van der Waals surface area contributed by atoms with Crippen LogP contribution in [0.15, 0.2) is 28.9 Å². The molecule has 0 radical (unpaired) electrons. The Bertz CT molecular complexity index is 794. The molecule has 2 aromatic rings. The number of nitriles is 1. The molecule has 2 rings (SSSR count). The van der Waals surface area contributed by atoms with Crippen LogP contribution in [0.3, 0.4) is 0 Å². The number of benzene rings is 1. The monoisotopic (exact) mass is 364 g/mol. The Morgan fingerprint density at radius 3 is 2.86 bits per heavy atom. The van der Waals surface area contributed by atoms with Crippen molar-refractivity contribution in [1.82, 2.24) is 9.78 Å². The van der Waals surface area contributed by atoms with Gasteiger partial charge in [-0.3, -0.25) is 10.1 Å². The number of nitro groups is 1. The third-order valence-corrected chi connectivity index (χ3v) is 3.09. The van der Waals surface area contributed by atoms with Crippen molar-refractivity contribution >= 4 is 27.6 Å². The highest BCUT2D eigenvalue weighted by Crippen LogP contribution is 2.23. The largest absolute Gasteiger partial charge is 0.461 e. The number of non-ortho nitro benzene ring substituents is 1. The van der Waals surface area contributed by atoms with E-state index < -0.39 is 10.9 Å². The molecule has 0 saturated heterocycles. The molecule has 112 valence electrons. The highest BCUT2D eigenvalue weighted by Gasteiger charge is 2.20. The zero-order chi connectivity index (χ0) is 16.3. The van der Waals surface area contributed by atoms with Crippen LogP contribution in [-0.4, -0.2) is 27.3 Å². The highest BCUT2D eigenvalue weighted by atomic mass is 79.9. The maximum Gasteiger partial charge on any atom is 0.357 e. The van der Waals surface area contributed by atoms with Crippen molar-refractivity contribution in [3.63, 3.8) is 0 Å². The minimum atomic E-state index is -0.608. The second-order valence-electron chi connectivity index (χ2n) is 4.05. The number of hydrogen-bond acceptors (Lipinski definition) is 6. The van der Waals surface area contributed by atoms with Gasteiger partial charge in [-0.15, -0.1) is 0 Å². The van der Waals surface area contributed by atoms with Crippen molar-refractivity contribution in [1.29, 1.82) is 5.26 Å². The van der Waals surface area contributed by atoms with Crippen molar-refractivity contribution in [3.05, 3.63) is 50.2 Å². The molecule has 0 N–H and O–H groups in total. The fourth-order valence-corrected chi connectivity index (χ4v) is 2.17. The minimum Gasteiger partial charge on any atom is -0.461 e. The molecular formula is C13H9BrN4O4. The fourth-order valence-electron chi connectivity index (χ4n) is 1.80. The van der Waals surface area contributed by atoms with Crippen molar-refractivity contribution in [2.45, 2.75) is 6.92 Å². The quantitative estimate of drug-likeness (QED) is 0.468. The molecule has 0 amide bonds. The lowest BCUT2D eigenvalue weighted by Gasteiger charge is -2.08. The number of hydrogen-bond donors (Lipinski definition) is 0. The average Bonchev–Trinajstić information content (AvgIpc) is 2.88. The average molecular weight is 365 g/mol. The van der Waals surface area contributed by atoms with Crippen molar-refractivity contribution in [2.24, 2.45) is 0 Å². The van der Waals surface area contributed by atoms with Gasteiger partial charge in [0.15, 0.2) is 5.69 Å². The Morgan fingerprint density at radius 1 is 1.55 bits per heavy atom. The lowest BCUT2D eigenvalue weighted by molar-refractivity contribution is -0.384. The molecule has 0 fully saturated rings. The van der Waals surface area contributed by atoms with Gasteiger partial charge in [0.05, 0.1) is 22.8 Å². The minimum absolute atomic E-state index is 0.0235. The Balaban J connectivity index is 2.60. The third kappa shape index (κ3) is 2.96. The van der Waals surface area contributed by atoms with Gasteiger partial charge in [0.1, 0.15) is 10.7 Å². The van der Waals surface area contributed by atoms with Gasteiger partial charge in [-0.1, -0.05) is 0 Å². The molecule has 1 heterocycles. The summed E-state index contributed by atoms with van der Waals surface area (Å²) < 4.78 is 6.51. The lowest BCUT2D eigenvalue weighted by Crippen LogP contribution is -2.13. The van der Waals surface area contributed by atoms with E-state index in [-0.39, 0.29) is 29.2 Å². The smallest absolute Gasteiger partial charge is 0.357 e. The fraction of sp³-hybridized carbons (Fsp3) is 0.154. The number of halogens is 1. The van der Waals surface area contributed by atoms with E-state index in [0.717, 1.165) is 6.07 Å². The van der Waals surface area contributed by atoms with E-state index >= 15 is 0 Å². The molecule has 0 spiro atoms. The molecule has 0 aliphatic heterocycles. The van der Waals surface area contributed by atoms with E-state index in [0.29, 0.717) is 4.60 Å². The van der Waals surface area contributed by atoms with E-state index in [1.165, 1.54) is 22.9 Å². The van der Waals surface area contributed by atoms with Gasteiger partial charge >= 0.3 is 5.97 Å². The zero-order valence-electron chi connectivity index (χ0n) is 11.3. The zero-order valence-corrected chi connectivity index (χ0v) is 12.9. The van der Waals surface area contributed by atoms with Gasteiger partial charge < -0.3 is 4.74 Å². The molecule has 1 aromatic heterocycles. The van der Waals surface area contributed by atoms with E-state index in [4.69, 9.17) is 4.74 Å². The van der Waals surface area contributed by atoms with Gasteiger partial charge in [-0.05, 0) is 28.9 Å². The van der Waals surface area contributed by atoms with Gasteiger partial charge in [-0.2, -0.15) is 10.4 Å². The number of ether oxygens (including phenoxy) is 1. The second kappa shape index (κ2) is 6.36. The number of esters is 1. The topological polar surface area (TPSA) is 111 Å². The number of nitrogens with zero attached hydrogens (tertiary/aromatic N) is 4. The van der Waals surface area contributed by atoms with Gasteiger partial charge in [0.2, 0.25) is 0 Å². The van der Waals surface area contributed by atoms with Crippen molar-refractivity contribution in [3.8, 4) is 11.8 Å². The summed E-state index contributed by atoms with van der Waals surface area (Å²) in [5, 5.41) is 24.0. The van der Waals surface area contributed by atoms with Crippen LogP contribution in [0.4, 0.5) is 5.69 Å². The Morgan fingerprint density at radius 2 is 2.27 bits per heavy atom. The van der Waals surface area contributed by atoms with Gasteiger partial charge in [0, 0.05) is 18.2 Å². The summed E-state index contributed by atoms with van der Waals surface area (Å²) in [6.07, 6.45) is 0. The molecule has 0 atom stereocenters. The van der Waals surface area contributed by atoms with Crippen LogP contribution in [0.5, 0.6) is 0 Å². The number of nitro benzene ring substituents is 1. The van der Waals surface area contributed by atoms with Gasteiger partial charge in [-0.25, -0.2) is 9.48 Å². The maximum absolute atomic E-state index is 11.9. The first-order chi connectivity index (χ1) is 10.5. The Labute approximate surface area is 133 Å². The molecule has 22 heavy (non-hydrogen) atoms. The Kier molecular flexibility index (Phi) is 4.53. The van der Waals surface area contributed by atoms with Crippen LogP contribution in [-0.2, 0) is 4.74 Å². The van der Waals surface area contributed by atoms with E-state index in [1.54, 1.807) is 6.92 Å². The summed E-state index contributed by atoms with van der Waals surface area (Å²) in [6, 6.07) is 7.03. The van der Waals surface area contributed by atoms with Crippen molar-refractivity contribution < 1.29 is 14.5 Å². The van der Waals surface area contributed by atoms with Crippen LogP contribution < -0.4 is 0 Å². The summed E-state index contributed by atoms with van der Waals surface area (Å²) in [7, 11) is 0. The molecule has 0 saturated carbocycles. The first-order valence-electron chi connectivity index (χ1n) is 6.09. The number of rotatable bonds is 4. The number of carbonyl (C=O) groups is 1. The number of aromatic nitrogens is 2. The first-order valence-corrected chi connectivity index (χ1v) is 6.88. The van der Waals surface area contributed by atoms with Crippen LogP contribution in [0, 0.1) is 21.4 Å². The first kappa shape index (κ1) is 15.7. The van der Waals surface area contributed by atoms with Crippen LogP contribution in [0.2, 0.25) is 0 Å². The summed E-state index contributed by atoms with van der Waals surface area (Å²) in [5.41, 5.74) is 0.167. The standard InChI is InChI=1S/C13H9BrN4O4/c1-2-22-13(19)11-6-12(14)16-17(11)10-4-3-9(18(20)21)5-8(10)7-15/h3-6H,2H2,1H3. The molecular weight excluding hydrogens is 356 g/mol. The lowest BCUT2D eigenvalue weighted by atomic mass is 10.1. The summed E-state index contributed by atoms with van der Waals surface area (Å²) >= 11 is 3.15. The predicted molar refractivity (Wildman–Crippen MR) is 78.6 cm³/mol. The SMILES string of the molecule is CCOC(=O)c1cc(Br)nn1-c1ccc([N+](=O)[O-])cc1C#N. The third-order valence-electron chi connectivity index (χ3n) is 2.70. The van der Waals surface area contributed by atoms with Crippen LogP contribution in [0.1, 0.15) is 23.0 Å². The predicted octanol–water partition coefficient (Wildman–Crippen LogP) is 2.59. The summed E-state index contributed by atoms with van der Waals surface area (Å²) in [5.74, 6) is -0.608. The highest BCUT2D eigenvalue weighted by molar-refractivity contribution is 9.10. The van der Waals surface area contributed by atoms with Crippen LogP contribution >= 0.6 is 15.9 Å². The van der Waals surface area contributed by atoms with E-state index in [1.807, 2.05) is 6.07 Å². The number of carbonyl (C=O) groups excluding carboxylic acids is 1.